The zero-order chi connectivity index (χ0) is 14.8. The minimum atomic E-state index is 0.441. The lowest BCUT2D eigenvalue weighted by Gasteiger charge is -2.26. The number of hydrogen-bond acceptors (Lipinski definition) is 4. The van der Waals surface area contributed by atoms with E-state index < -0.39 is 0 Å². The van der Waals surface area contributed by atoms with Gasteiger partial charge in [0.25, 0.3) is 0 Å². The average Bonchev–Trinajstić information content (AvgIpc) is 2.83. The Balaban J connectivity index is 1.83. The van der Waals surface area contributed by atoms with Crippen LogP contribution in [0.3, 0.4) is 0 Å². The molecule has 0 spiro atoms. The van der Waals surface area contributed by atoms with Crippen LogP contribution in [-0.4, -0.2) is 12.2 Å². The van der Waals surface area contributed by atoms with Crippen molar-refractivity contribution in [2.75, 3.05) is 7.05 Å². The Labute approximate surface area is 125 Å². The minimum absolute atomic E-state index is 0.441. The Bertz CT molecular complexity index is 614. The van der Waals surface area contributed by atoms with E-state index in [0.29, 0.717) is 12.6 Å². The number of hydrogen-bond donors (Lipinski definition) is 1. The summed E-state index contributed by atoms with van der Waals surface area (Å²) in [6, 6.07) is 6.79. The summed E-state index contributed by atoms with van der Waals surface area (Å²) >= 11 is 0. The number of nitrogens with zero attached hydrogens (tertiary/aromatic N) is 1. The number of fused-ring (bicyclic) bond motifs is 1. The molecule has 0 aliphatic heterocycles. The fraction of sp³-hybridized carbons (Fsp3) is 0.471. The van der Waals surface area contributed by atoms with Crippen LogP contribution in [0.2, 0.25) is 0 Å². The molecule has 0 bridgehead atoms. The molecule has 4 nitrogen and oxygen atoms in total. The first-order chi connectivity index (χ1) is 10.2. The number of aryl methyl sites for hydroxylation is 2. The fourth-order valence-electron chi connectivity index (χ4n) is 3.11. The van der Waals surface area contributed by atoms with E-state index in [9.17, 15) is 0 Å². The maximum absolute atomic E-state index is 6.08. The molecule has 4 heteroatoms. The summed E-state index contributed by atoms with van der Waals surface area (Å²) < 4.78 is 11.3. The van der Waals surface area contributed by atoms with E-state index in [2.05, 4.69) is 28.7 Å². The molecule has 0 radical (unpaired) electrons. The van der Waals surface area contributed by atoms with Crippen molar-refractivity contribution in [2.24, 2.45) is 0 Å². The van der Waals surface area contributed by atoms with Gasteiger partial charge in [-0.2, -0.15) is 0 Å². The van der Waals surface area contributed by atoms with Gasteiger partial charge in [-0.3, -0.25) is 0 Å². The van der Waals surface area contributed by atoms with Crippen molar-refractivity contribution in [1.82, 2.24) is 10.5 Å². The number of ether oxygens (including phenoxy) is 1. The topological polar surface area (TPSA) is 47.3 Å². The largest absolute Gasteiger partial charge is 0.488 e. The highest BCUT2D eigenvalue weighted by molar-refractivity contribution is 5.43. The van der Waals surface area contributed by atoms with Crippen LogP contribution in [0.1, 0.15) is 47.0 Å². The van der Waals surface area contributed by atoms with E-state index in [1.54, 1.807) is 0 Å². The Hall–Kier alpha value is -1.81. The van der Waals surface area contributed by atoms with Crippen molar-refractivity contribution in [2.45, 2.75) is 45.8 Å². The van der Waals surface area contributed by atoms with Crippen molar-refractivity contribution in [3.63, 3.8) is 0 Å². The van der Waals surface area contributed by atoms with Crippen LogP contribution in [0.4, 0.5) is 0 Å². The maximum atomic E-state index is 6.08. The van der Waals surface area contributed by atoms with E-state index in [-0.39, 0.29) is 0 Å². The highest BCUT2D eigenvalue weighted by Gasteiger charge is 2.21. The van der Waals surface area contributed by atoms with Crippen molar-refractivity contribution in [1.29, 1.82) is 0 Å². The van der Waals surface area contributed by atoms with Gasteiger partial charge in [0, 0.05) is 6.04 Å². The fourth-order valence-corrected chi connectivity index (χ4v) is 3.11. The Morgan fingerprint density at radius 3 is 2.95 bits per heavy atom. The standard InChI is InChI=1S/C17H22N2O2/c1-11-15(12(2)21-19-11)10-20-17-9-5-6-13-14(17)7-4-8-16(13)18-3/h5-6,9,16,18H,4,7-8,10H2,1-3H3. The van der Waals surface area contributed by atoms with Gasteiger partial charge in [-0.05, 0) is 57.4 Å². The van der Waals surface area contributed by atoms with E-state index in [1.165, 1.54) is 24.0 Å². The highest BCUT2D eigenvalue weighted by Crippen LogP contribution is 2.35. The molecule has 1 aromatic heterocycles. The summed E-state index contributed by atoms with van der Waals surface area (Å²) in [7, 11) is 2.02. The van der Waals surface area contributed by atoms with Gasteiger partial charge < -0.3 is 14.6 Å². The molecule has 1 aliphatic rings. The molecular formula is C17H22N2O2. The first-order valence-electron chi connectivity index (χ1n) is 7.54. The third kappa shape index (κ3) is 2.68. The third-order valence-electron chi connectivity index (χ3n) is 4.37. The zero-order valence-corrected chi connectivity index (χ0v) is 12.9. The predicted molar refractivity (Wildman–Crippen MR) is 81.5 cm³/mol. The molecule has 0 fully saturated rings. The van der Waals surface area contributed by atoms with Crippen LogP contribution in [0, 0.1) is 13.8 Å². The summed E-state index contributed by atoms with van der Waals surface area (Å²) in [5, 5.41) is 7.37. The van der Waals surface area contributed by atoms with Crippen LogP contribution in [-0.2, 0) is 13.0 Å². The quantitative estimate of drug-likeness (QED) is 0.935. The molecule has 1 heterocycles. The molecular weight excluding hydrogens is 264 g/mol. The molecule has 112 valence electrons. The Kier molecular flexibility index (Phi) is 3.97. The van der Waals surface area contributed by atoms with Gasteiger partial charge >= 0.3 is 0 Å². The highest BCUT2D eigenvalue weighted by atomic mass is 16.5. The molecule has 21 heavy (non-hydrogen) atoms. The Morgan fingerprint density at radius 1 is 1.38 bits per heavy atom. The van der Waals surface area contributed by atoms with Gasteiger partial charge in [0.05, 0.1) is 11.3 Å². The van der Waals surface area contributed by atoms with Crippen LogP contribution >= 0.6 is 0 Å². The summed E-state index contributed by atoms with van der Waals surface area (Å²) in [5.74, 6) is 1.83. The minimum Gasteiger partial charge on any atom is -0.488 e. The molecule has 1 N–H and O–H groups in total. The molecule has 1 aromatic carbocycles. The van der Waals surface area contributed by atoms with Gasteiger partial charge in [-0.15, -0.1) is 0 Å². The first kappa shape index (κ1) is 14.1. The zero-order valence-electron chi connectivity index (χ0n) is 12.9. The van der Waals surface area contributed by atoms with Gasteiger partial charge in [0.15, 0.2) is 0 Å². The van der Waals surface area contributed by atoms with Crippen LogP contribution < -0.4 is 10.1 Å². The summed E-state index contributed by atoms with van der Waals surface area (Å²) in [6.07, 6.45) is 3.48. The van der Waals surface area contributed by atoms with Crippen molar-refractivity contribution >= 4 is 0 Å². The molecule has 2 aromatic rings. The number of aromatic nitrogens is 1. The lowest BCUT2D eigenvalue weighted by Crippen LogP contribution is -2.22. The molecule has 0 amide bonds. The molecule has 1 unspecified atom stereocenters. The van der Waals surface area contributed by atoms with E-state index in [1.807, 2.05) is 20.9 Å². The van der Waals surface area contributed by atoms with Crippen LogP contribution in [0.15, 0.2) is 22.7 Å². The smallest absolute Gasteiger partial charge is 0.140 e. The van der Waals surface area contributed by atoms with Crippen molar-refractivity contribution in [3.8, 4) is 5.75 Å². The Morgan fingerprint density at radius 2 is 2.24 bits per heavy atom. The predicted octanol–water partition coefficient (Wildman–Crippen LogP) is 3.47. The summed E-state index contributed by atoms with van der Waals surface area (Å²) in [5.41, 5.74) is 4.67. The second-order valence-corrected chi connectivity index (χ2v) is 5.65. The molecule has 3 rings (SSSR count). The lowest BCUT2D eigenvalue weighted by atomic mass is 9.87. The van der Waals surface area contributed by atoms with Crippen LogP contribution in [0.5, 0.6) is 5.75 Å². The molecule has 1 atom stereocenters. The van der Waals surface area contributed by atoms with Gasteiger partial charge in [0.2, 0.25) is 0 Å². The summed E-state index contributed by atoms with van der Waals surface area (Å²) in [4.78, 5) is 0. The van der Waals surface area contributed by atoms with Crippen molar-refractivity contribution in [3.05, 3.63) is 46.3 Å². The van der Waals surface area contributed by atoms with E-state index in [4.69, 9.17) is 9.26 Å². The van der Waals surface area contributed by atoms with Gasteiger partial charge in [-0.1, -0.05) is 17.3 Å². The first-order valence-corrected chi connectivity index (χ1v) is 7.54. The van der Waals surface area contributed by atoms with Crippen molar-refractivity contribution < 1.29 is 9.26 Å². The van der Waals surface area contributed by atoms with Gasteiger partial charge in [0.1, 0.15) is 18.1 Å². The monoisotopic (exact) mass is 286 g/mol. The van der Waals surface area contributed by atoms with E-state index in [0.717, 1.165) is 29.2 Å². The lowest BCUT2D eigenvalue weighted by molar-refractivity contribution is 0.295. The maximum Gasteiger partial charge on any atom is 0.140 e. The third-order valence-corrected chi connectivity index (χ3v) is 4.37. The van der Waals surface area contributed by atoms with Gasteiger partial charge in [-0.25, -0.2) is 0 Å². The normalized spacial score (nSPS) is 17.6. The second-order valence-electron chi connectivity index (χ2n) is 5.65. The van der Waals surface area contributed by atoms with Crippen LogP contribution in [0.25, 0.3) is 0 Å². The van der Waals surface area contributed by atoms with E-state index >= 15 is 0 Å². The molecule has 0 saturated carbocycles. The number of benzene rings is 1. The second kappa shape index (κ2) is 5.90. The number of nitrogens with one attached hydrogen (secondary N) is 1. The SMILES string of the molecule is CNC1CCCc2c(OCc3c(C)noc3C)cccc21. The molecule has 0 saturated heterocycles. The summed E-state index contributed by atoms with van der Waals surface area (Å²) in [6.45, 7) is 4.39. The molecule has 1 aliphatic carbocycles. The average molecular weight is 286 g/mol. The number of rotatable bonds is 4.